The number of halogens is 1. The predicted molar refractivity (Wildman–Crippen MR) is 93.1 cm³/mol. The molecule has 10 heteroatoms. The van der Waals surface area contributed by atoms with E-state index >= 15 is 0 Å². The van der Waals surface area contributed by atoms with Crippen LogP contribution in [-0.2, 0) is 16.6 Å². The highest BCUT2D eigenvalue weighted by molar-refractivity contribution is 7.92. The lowest BCUT2D eigenvalue weighted by Gasteiger charge is -2.13. The molecule has 0 aliphatic carbocycles. The monoisotopic (exact) mass is 387 g/mol. The number of ether oxygens (including phenoxy) is 1. The maximum Gasteiger partial charge on any atom is 0.339 e. The highest BCUT2D eigenvalue weighted by atomic mass is 35.5. The molecule has 0 aliphatic heterocycles. The summed E-state index contributed by atoms with van der Waals surface area (Å²) < 4.78 is 34.6. The molecule has 0 saturated carbocycles. The number of hydrogen-bond acceptors (Lipinski definition) is 5. The minimum absolute atomic E-state index is 0.102. The molecule has 25 heavy (non-hydrogen) atoms. The Hall–Kier alpha value is -2.26. The number of anilines is 1. The molecule has 2 N–H and O–H groups in total. The Bertz CT molecular complexity index is 937. The highest BCUT2D eigenvalue weighted by Gasteiger charge is 2.25. The van der Waals surface area contributed by atoms with Crippen LogP contribution in [0, 0.1) is 13.8 Å². The van der Waals surface area contributed by atoms with Crippen molar-refractivity contribution in [3.05, 3.63) is 34.1 Å². The molecule has 0 fully saturated rings. The third-order valence-electron chi connectivity index (χ3n) is 3.69. The first kappa shape index (κ1) is 19.1. The molecule has 0 bridgehead atoms. The quantitative estimate of drug-likeness (QED) is 0.788. The second-order valence-corrected chi connectivity index (χ2v) is 7.31. The molecule has 1 aromatic carbocycles. The fourth-order valence-corrected chi connectivity index (χ4v) is 4.14. The van der Waals surface area contributed by atoms with Crippen LogP contribution in [-0.4, -0.2) is 36.4 Å². The summed E-state index contributed by atoms with van der Waals surface area (Å²) in [6.45, 7) is 5.92. The molecule has 1 heterocycles. The zero-order valence-electron chi connectivity index (χ0n) is 14.1. The Balaban J connectivity index is 2.54. The van der Waals surface area contributed by atoms with Crippen molar-refractivity contribution in [2.75, 3.05) is 11.8 Å². The summed E-state index contributed by atoms with van der Waals surface area (Å²) in [7, 11) is -2.82. The normalized spacial score (nSPS) is 11.4. The van der Waals surface area contributed by atoms with Gasteiger partial charge in [-0.1, -0.05) is 11.6 Å². The summed E-state index contributed by atoms with van der Waals surface area (Å²) in [5.74, 6) is -1.37. The highest BCUT2D eigenvalue weighted by Crippen LogP contribution is 2.32. The molecule has 136 valence electrons. The molecule has 0 radical (unpaired) electrons. The van der Waals surface area contributed by atoms with Crippen molar-refractivity contribution < 1.29 is 23.1 Å². The molecule has 8 nitrogen and oxygen atoms in total. The van der Waals surface area contributed by atoms with Crippen molar-refractivity contribution in [3.63, 3.8) is 0 Å². The van der Waals surface area contributed by atoms with Gasteiger partial charge < -0.3 is 9.84 Å². The standard InChI is InChI=1S/C15H18ClN3O5S/c1-5-19-9(3)14(8(2)17-19)18-25(22,23)13-7-12(24-4)10(15(20)21)6-11(13)16/h6-7,18H,5H2,1-4H3,(H,20,21). The second-order valence-electron chi connectivity index (χ2n) is 5.26. The zero-order chi connectivity index (χ0) is 18.9. The summed E-state index contributed by atoms with van der Waals surface area (Å²) in [6.07, 6.45) is 0. The summed E-state index contributed by atoms with van der Waals surface area (Å²) in [5, 5.41) is 13.2. The number of carboxylic acid groups (broad SMARTS) is 1. The van der Waals surface area contributed by atoms with Crippen LogP contribution in [0.1, 0.15) is 28.7 Å². The fourth-order valence-electron chi connectivity index (χ4n) is 2.42. The third kappa shape index (κ3) is 3.57. The smallest absolute Gasteiger partial charge is 0.339 e. The number of benzene rings is 1. The largest absolute Gasteiger partial charge is 0.496 e. The van der Waals surface area contributed by atoms with E-state index in [1.807, 2.05) is 6.92 Å². The van der Waals surface area contributed by atoms with Gasteiger partial charge in [0.25, 0.3) is 10.0 Å². The average Bonchev–Trinajstić information content (AvgIpc) is 2.81. The predicted octanol–water partition coefficient (Wildman–Crippen LogP) is 2.68. The molecule has 2 rings (SSSR count). The maximum absolute atomic E-state index is 12.7. The SMILES string of the molecule is CCn1nc(C)c(NS(=O)(=O)c2cc(OC)c(C(=O)O)cc2Cl)c1C. The lowest BCUT2D eigenvalue weighted by molar-refractivity contribution is 0.0693. The van der Waals surface area contributed by atoms with Crippen LogP contribution in [0.2, 0.25) is 5.02 Å². The van der Waals surface area contributed by atoms with E-state index in [1.54, 1.807) is 18.5 Å². The fraction of sp³-hybridized carbons (Fsp3) is 0.333. The van der Waals surface area contributed by atoms with Crippen LogP contribution < -0.4 is 9.46 Å². The molecular formula is C15H18ClN3O5S. The number of aromatic carboxylic acids is 1. The second kappa shape index (κ2) is 6.93. The lowest BCUT2D eigenvalue weighted by atomic mass is 10.2. The Morgan fingerprint density at radius 3 is 2.52 bits per heavy atom. The zero-order valence-corrected chi connectivity index (χ0v) is 15.7. The molecule has 0 saturated heterocycles. The van der Waals surface area contributed by atoms with E-state index in [9.17, 15) is 13.2 Å². The van der Waals surface area contributed by atoms with E-state index < -0.39 is 16.0 Å². The van der Waals surface area contributed by atoms with Crippen LogP contribution in [0.3, 0.4) is 0 Å². The molecule has 0 aliphatic rings. The van der Waals surface area contributed by atoms with Crippen molar-refractivity contribution in [1.82, 2.24) is 9.78 Å². The van der Waals surface area contributed by atoms with E-state index in [0.29, 0.717) is 23.6 Å². The first-order valence-electron chi connectivity index (χ1n) is 7.30. The number of carboxylic acids is 1. The van der Waals surface area contributed by atoms with Gasteiger partial charge in [0, 0.05) is 12.6 Å². The Labute approximate surface area is 150 Å². The van der Waals surface area contributed by atoms with Crippen molar-refractivity contribution in [2.24, 2.45) is 0 Å². The molecule has 2 aromatic rings. The number of sulfonamides is 1. The van der Waals surface area contributed by atoms with Gasteiger partial charge in [-0.3, -0.25) is 9.40 Å². The molecular weight excluding hydrogens is 370 g/mol. The van der Waals surface area contributed by atoms with Gasteiger partial charge in [0.2, 0.25) is 0 Å². The number of methoxy groups -OCH3 is 1. The molecule has 0 amide bonds. The van der Waals surface area contributed by atoms with E-state index in [0.717, 1.165) is 12.1 Å². The van der Waals surface area contributed by atoms with E-state index in [2.05, 4.69) is 9.82 Å². The van der Waals surface area contributed by atoms with Crippen molar-refractivity contribution in [2.45, 2.75) is 32.2 Å². The van der Waals surface area contributed by atoms with Gasteiger partial charge in [0.05, 0.1) is 29.2 Å². The molecule has 0 spiro atoms. The van der Waals surface area contributed by atoms with Crippen molar-refractivity contribution >= 4 is 33.3 Å². The Kier molecular flexibility index (Phi) is 5.28. The van der Waals surface area contributed by atoms with Gasteiger partial charge in [-0.05, 0) is 26.8 Å². The van der Waals surface area contributed by atoms with Gasteiger partial charge in [-0.25, -0.2) is 13.2 Å². The number of hydrogen-bond donors (Lipinski definition) is 2. The van der Waals surface area contributed by atoms with Crippen molar-refractivity contribution in [3.8, 4) is 5.75 Å². The van der Waals surface area contributed by atoms with Gasteiger partial charge >= 0.3 is 5.97 Å². The summed E-state index contributed by atoms with van der Waals surface area (Å²) in [6, 6.07) is 2.13. The first-order chi connectivity index (χ1) is 11.6. The minimum atomic E-state index is -4.07. The molecule has 0 unspecified atom stereocenters. The van der Waals surface area contributed by atoms with E-state index in [-0.39, 0.29) is 21.2 Å². The molecule has 0 atom stereocenters. The van der Waals surface area contributed by atoms with Crippen LogP contribution in [0.15, 0.2) is 17.0 Å². The van der Waals surface area contributed by atoms with Crippen LogP contribution in [0.5, 0.6) is 5.75 Å². The third-order valence-corrected chi connectivity index (χ3v) is 5.51. The first-order valence-corrected chi connectivity index (χ1v) is 9.16. The summed E-state index contributed by atoms with van der Waals surface area (Å²) in [5.41, 5.74) is 1.32. The average molecular weight is 388 g/mol. The van der Waals surface area contributed by atoms with Gasteiger partial charge in [0.15, 0.2) is 0 Å². The van der Waals surface area contributed by atoms with Crippen LogP contribution in [0.4, 0.5) is 5.69 Å². The summed E-state index contributed by atoms with van der Waals surface area (Å²) in [4.78, 5) is 10.9. The lowest BCUT2D eigenvalue weighted by Crippen LogP contribution is -2.15. The summed E-state index contributed by atoms with van der Waals surface area (Å²) >= 11 is 6.01. The van der Waals surface area contributed by atoms with Crippen LogP contribution >= 0.6 is 11.6 Å². The van der Waals surface area contributed by atoms with Crippen LogP contribution in [0.25, 0.3) is 0 Å². The molecule has 1 aromatic heterocycles. The van der Waals surface area contributed by atoms with E-state index in [1.165, 1.54) is 7.11 Å². The number of aromatic nitrogens is 2. The van der Waals surface area contributed by atoms with E-state index in [4.69, 9.17) is 21.4 Å². The minimum Gasteiger partial charge on any atom is -0.496 e. The number of nitrogens with one attached hydrogen (secondary N) is 1. The number of rotatable bonds is 6. The number of aryl methyl sites for hydroxylation is 2. The Morgan fingerprint density at radius 1 is 1.40 bits per heavy atom. The number of carbonyl (C=O) groups is 1. The van der Waals surface area contributed by atoms with Gasteiger partial charge in [0.1, 0.15) is 16.2 Å². The van der Waals surface area contributed by atoms with Crippen molar-refractivity contribution in [1.29, 1.82) is 0 Å². The topological polar surface area (TPSA) is 111 Å². The Morgan fingerprint density at radius 2 is 2.04 bits per heavy atom. The van der Waals surface area contributed by atoms with Gasteiger partial charge in [-0.2, -0.15) is 5.10 Å². The number of nitrogens with zero attached hydrogens (tertiary/aromatic N) is 2. The maximum atomic E-state index is 12.7. The van der Waals surface area contributed by atoms with Gasteiger partial charge in [-0.15, -0.1) is 0 Å².